The van der Waals surface area contributed by atoms with Gasteiger partial charge in [0.1, 0.15) is 17.3 Å². The molecule has 0 radical (unpaired) electrons. The highest BCUT2D eigenvalue weighted by Crippen LogP contribution is 2.35. The number of rotatable bonds is 8. The molecule has 2 N–H and O–H groups in total. The molecule has 12 heteroatoms. The standard InChI is InChI=1S/C20H21F5N4O3/c1-11(2)17(30)29-16-8-13(6-7-26-16)12(3)28-18(31)15-5-4-14(9-27-15)32-10-19(21,22)20(23,24)25/h4-9,11-12H,10H2,1-3H3,(H,28,31)(H,26,29,30). The summed E-state index contributed by atoms with van der Waals surface area (Å²) in [4.78, 5) is 31.9. The van der Waals surface area contributed by atoms with Gasteiger partial charge < -0.3 is 15.4 Å². The Morgan fingerprint density at radius 3 is 2.31 bits per heavy atom. The van der Waals surface area contributed by atoms with Gasteiger partial charge in [0.05, 0.1) is 12.2 Å². The molecule has 2 amide bonds. The van der Waals surface area contributed by atoms with Gasteiger partial charge in [-0.25, -0.2) is 9.97 Å². The van der Waals surface area contributed by atoms with Gasteiger partial charge in [0.15, 0.2) is 6.61 Å². The fraction of sp³-hybridized carbons (Fsp3) is 0.400. The van der Waals surface area contributed by atoms with Gasteiger partial charge in [-0.15, -0.1) is 0 Å². The largest absolute Gasteiger partial charge is 0.485 e. The molecule has 174 valence electrons. The predicted octanol–water partition coefficient (Wildman–Crippen LogP) is 4.14. The molecule has 1 atom stereocenters. The zero-order valence-corrected chi connectivity index (χ0v) is 17.3. The molecular formula is C20H21F5N4O3. The zero-order valence-electron chi connectivity index (χ0n) is 17.3. The Hall–Kier alpha value is -3.31. The van der Waals surface area contributed by atoms with Crippen molar-refractivity contribution in [1.82, 2.24) is 15.3 Å². The van der Waals surface area contributed by atoms with Gasteiger partial charge in [0.25, 0.3) is 5.91 Å². The summed E-state index contributed by atoms with van der Waals surface area (Å²) in [5.41, 5.74) is 0.538. The smallest absolute Gasteiger partial charge is 0.456 e. The van der Waals surface area contributed by atoms with E-state index in [4.69, 9.17) is 0 Å². The summed E-state index contributed by atoms with van der Waals surface area (Å²) in [5, 5.41) is 5.31. The van der Waals surface area contributed by atoms with Crippen molar-refractivity contribution in [3.8, 4) is 5.75 Å². The van der Waals surface area contributed by atoms with Crippen LogP contribution in [0.3, 0.4) is 0 Å². The van der Waals surface area contributed by atoms with E-state index < -0.39 is 30.7 Å². The molecule has 0 bridgehead atoms. The predicted molar refractivity (Wildman–Crippen MR) is 104 cm³/mol. The van der Waals surface area contributed by atoms with Gasteiger partial charge in [0.2, 0.25) is 5.91 Å². The van der Waals surface area contributed by atoms with Crippen molar-refractivity contribution in [2.75, 3.05) is 11.9 Å². The summed E-state index contributed by atoms with van der Waals surface area (Å²) in [6.45, 7) is 3.23. The molecule has 2 aromatic rings. The molecule has 0 aromatic carbocycles. The van der Waals surface area contributed by atoms with E-state index in [1.165, 1.54) is 6.20 Å². The molecule has 7 nitrogen and oxygen atoms in total. The maximum atomic E-state index is 12.9. The van der Waals surface area contributed by atoms with Crippen LogP contribution in [0, 0.1) is 5.92 Å². The fourth-order valence-electron chi connectivity index (χ4n) is 2.26. The van der Waals surface area contributed by atoms with Crippen LogP contribution in [0.5, 0.6) is 5.75 Å². The topological polar surface area (TPSA) is 93.2 Å². The summed E-state index contributed by atoms with van der Waals surface area (Å²) in [6, 6.07) is 4.91. The van der Waals surface area contributed by atoms with E-state index in [0.29, 0.717) is 11.4 Å². The number of alkyl halides is 5. The highest BCUT2D eigenvalue weighted by Gasteiger charge is 2.58. The Morgan fingerprint density at radius 1 is 1.06 bits per heavy atom. The first kappa shape index (κ1) is 25.0. The van der Waals surface area contributed by atoms with E-state index in [1.807, 2.05) is 0 Å². The summed E-state index contributed by atoms with van der Waals surface area (Å²) in [6.07, 6.45) is -3.39. The third-order valence-corrected chi connectivity index (χ3v) is 4.21. The van der Waals surface area contributed by atoms with Crippen LogP contribution in [-0.4, -0.2) is 40.5 Å². The number of ether oxygens (including phenoxy) is 1. The lowest BCUT2D eigenvalue weighted by Crippen LogP contribution is -2.41. The van der Waals surface area contributed by atoms with Crippen molar-refractivity contribution in [3.05, 3.63) is 47.9 Å². The molecule has 0 saturated carbocycles. The maximum Gasteiger partial charge on any atom is 0.456 e. The average Bonchev–Trinajstić information content (AvgIpc) is 2.72. The van der Waals surface area contributed by atoms with Crippen molar-refractivity contribution in [2.24, 2.45) is 5.92 Å². The number of anilines is 1. The second-order valence-electron chi connectivity index (χ2n) is 7.18. The maximum absolute atomic E-state index is 12.9. The van der Waals surface area contributed by atoms with Crippen LogP contribution in [0.15, 0.2) is 36.7 Å². The zero-order chi connectivity index (χ0) is 24.1. The summed E-state index contributed by atoms with van der Waals surface area (Å²) in [7, 11) is 0. The second-order valence-corrected chi connectivity index (χ2v) is 7.18. The molecule has 0 aliphatic heterocycles. The first-order chi connectivity index (χ1) is 14.8. The number of pyridine rings is 2. The number of nitrogens with zero attached hydrogens (tertiary/aromatic N) is 2. The fourth-order valence-corrected chi connectivity index (χ4v) is 2.26. The van der Waals surface area contributed by atoms with Gasteiger partial charge in [-0.3, -0.25) is 9.59 Å². The highest BCUT2D eigenvalue weighted by atomic mass is 19.4. The minimum atomic E-state index is -5.74. The minimum Gasteiger partial charge on any atom is -0.485 e. The Balaban J connectivity index is 1.98. The van der Waals surface area contributed by atoms with Gasteiger partial charge >= 0.3 is 12.1 Å². The third kappa shape index (κ3) is 6.59. The summed E-state index contributed by atoms with van der Waals surface area (Å²) >= 11 is 0. The molecule has 0 fully saturated rings. The van der Waals surface area contributed by atoms with Crippen LogP contribution in [0.25, 0.3) is 0 Å². The highest BCUT2D eigenvalue weighted by molar-refractivity contribution is 5.93. The Kier molecular flexibility index (Phi) is 7.70. The van der Waals surface area contributed by atoms with Crippen LogP contribution < -0.4 is 15.4 Å². The Morgan fingerprint density at radius 2 is 1.75 bits per heavy atom. The van der Waals surface area contributed by atoms with Crippen LogP contribution in [-0.2, 0) is 4.79 Å². The first-order valence-corrected chi connectivity index (χ1v) is 9.41. The lowest BCUT2D eigenvalue weighted by atomic mass is 10.1. The summed E-state index contributed by atoms with van der Waals surface area (Å²) in [5.74, 6) is -6.12. The molecule has 2 aromatic heterocycles. The van der Waals surface area contributed by atoms with Crippen molar-refractivity contribution < 1.29 is 36.3 Å². The summed E-state index contributed by atoms with van der Waals surface area (Å²) < 4.78 is 66.7. The first-order valence-electron chi connectivity index (χ1n) is 9.41. The second kappa shape index (κ2) is 9.88. The number of halogens is 5. The van der Waals surface area contributed by atoms with Crippen LogP contribution in [0.1, 0.15) is 42.9 Å². The van der Waals surface area contributed by atoms with Gasteiger partial charge in [-0.2, -0.15) is 22.0 Å². The SMILES string of the molecule is CC(C)C(=O)Nc1cc(C(C)NC(=O)c2ccc(OCC(F)(F)C(F)(F)F)cn2)ccn1. The average molecular weight is 460 g/mol. The minimum absolute atomic E-state index is 0.103. The van der Waals surface area contributed by atoms with E-state index in [2.05, 4.69) is 25.3 Å². The van der Waals surface area contributed by atoms with Crippen LogP contribution >= 0.6 is 0 Å². The van der Waals surface area contributed by atoms with Crippen molar-refractivity contribution >= 4 is 17.6 Å². The van der Waals surface area contributed by atoms with Crippen molar-refractivity contribution in [1.29, 1.82) is 0 Å². The van der Waals surface area contributed by atoms with E-state index in [9.17, 15) is 31.5 Å². The van der Waals surface area contributed by atoms with Crippen LogP contribution in [0.4, 0.5) is 27.8 Å². The van der Waals surface area contributed by atoms with Gasteiger partial charge in [-0.05, 0) is 36.8 Å². The van der Waals surface area contributed by atoms with E-state index >= 15 is 0 Å². The lowest BCUT2D eigenvalue weighted by Gasteiger charge is -2.19. The number of hydrogen-bond donors (Lipinski definition) is 2. The monoisotopic (exact) mass is 460 g/mol. The molecule has 1 unspecified atom stereocenters. The normalized spacial score (nSPS) is 12.9. The number of hydrogen-bond acceptors (Lipinski definition) is 5. The van der Waals surface area contributed by atoms with E-state index in [0.717, 1.165) is 18.3 Å². The molecular weight excluding hydrogens is 439 g/mol. The Labute approximate surface area is 180 Å². The molecule has 0 aliphatic rings. The van der Waals surface area contributed by atoms with E-state index in [-0.39, 0.29) is 23.3 Å². The number of nitrogens with one attached hydrogen (secondary N) is 2. The third-order valence-electron chi connectivity index (χ3n) is 4.21. The molecule has 2 heterocycles. The van der Waals surface area contributed by atoms with Crippen molar-refractivity contribution in [3.63, 3.8) is 0 Å². The quantitative estimate of drug-likeness (QED) is 0.578. The number of carbonyl (C=O) groups excluding carboxylic acids is 2. The molecule has 0 aliphatic carbocycles. The van der Waals surface area contributed by atoms with E-state index in [1.54, 1.807) is 32.9 Å². The number of amides is 2. The number of carbonyl (C=O) groups is 2. The van der Waals surface area contributed by atoms with Gasteiger partial charge in [0, 0.05) is 12.1 Å². The molecule has 32 heavy (non-hydrogen) atoms. The van der Waals surface area contributed by atoms with Crippen LogP contribution in [0.2, 0.25) is 0 Å². The molecule has 0 spiro atoms. The van der Waals surface area contributed by atoms with Crippen molar-refractivity contribution in [2.45, 2.75) is 38.9 Å². The molecule has 0 saturated heterocycles. The number of aromatic nitrogens is 2. The van der Waals surface area contributed by atoms with Gasteiger partial charge in [-0.1, -0.05) is 13.8 Å². The Bertz CT molecular complexity index is 949. The lowest BCUT2D eigenvalue weighted by molar-refractivity contribution is -0.290. The molecule has 2 rings (SSSR count).